The number of ether oxygens (including phenoxy) is 1. The number of rotatable bonds is 6. The third kappa shape index (κ3) is 3.63. The first-order chi connectivity index (χ1) is 16.5. The summed E-state index contributed by atoms with van der Waals surface area (Å²) in [5.74, 6) is -0.751. The topological polar surface area (TPSA) is 64.4 Å². The number of hydrogen-bond donors (Lipinski definition) is 0. The van der Waals surface area contributed by atoms with Gasteiger partial charge in [0, 0.05) is 6.54 Å². The maximum Gasteiger partial charge on any atom is 0.321 e. The van der Waals surface area contributed by atoms with Crippen LogP contribution in [0.2, 0.25) is 0 Å². The summed E-state index contributed by atoms with van der Waals surface area (Å²) in [6, 6.07) is 21.4. The smallest absolute Gasteiger partial charge is 0.321 e. The van der Waals surface area contributed by atoms with Crippen molar-refractivity contribution in [1.29, 1.82) is 0 Å². The molecular formula is C28H29N3O3. The highest BCUT2D eigenvalue weighted by Gasteiger charge is 2.48. The number of hydrogen-bond acceptors (Lipinski definition) is 4. The second kappa shape index (κ2) is 8.93. The van der Waals surface area contributed by atoms with E-state index >= 15 is 0 Å². The number of anilines is 1. The molecule has 0 bridgehead atoms. The first kappa shape index (κ1) is 22.1. The molecule has 3 aromatic carbocycles. The van der Waals surface area contributed by atoms with Crippen LogP contribution in [0, 0.1) is 11.8 Å². The zero-order valence-electron chi connectivity index (χ0n) is 19.8. The summed E-state index contributed by atoms with van der Waals surface area (Å²) >= 11 is 0. The van der Waals surface area contributed by atoms with Gasteiger partial charge in [0.2, 0.25) is 11.9 Å². The molecule has 0 spiro atoms. The molecule has 0 aliphatic carbocycles. The van der Waals surface area contributed by atoms with E-state index < -0.39 is 17.9 Å². The third-order valence-electron chi connectivity index (χ3n) is 6.56. The van der Waals surface area contributed by atoms with Crippen molar-refractivity contribution in [3.8, 4) is 0 Å². The molecular weight excluding hydrogens is 426 g/mol. The maximum absolute atomic E-state index is 14.0. The number of aromatic nitrogens is 2. The Morgan fingerprint density at radius 1 is 1.03 bits per heavy atom. The summed E-state index contributed by atoms with van der Waals surface area (Å²) in [5.41, 5.74) is 2.61. The largest absolute Gasteiger partial charge is 0.465 e. The predicted octanol–water partition coefficient (Wildman–Crippen LogP) is 5.35. The second-order valence-corrected chi connectivity index (χ2v) is 9.19. The number of esters is 1. The second-order valence-electron chi connectivity index (χ2n) is 9.19. The molecule has 4 aromatic rings. The van der Waals surface area contributed by atoms with Crippen molar-refractivity contribution in [3.63, 3.8) is 0 Å². The minimum absolute atomic E-state index is 0.217. The van der Waals surface area contributed by atoms with Crippen LogP contribution in [0.5, 0.6) is 0 Å². The van der Waals surface area contributed by atoms with E-state index in [4.69, 9.17) is 9.72 Å². The first-order valence-corrected chi connectivity index (χ1v) is 11.9. The lowest BCUT2D eigenvalue weighted by Crippen LogP contribution is -2.50. The van der Waals surface area contributed by atoms with Crippen LogP contribution in [0.15, 0.2) is 66.7 Å². The van der Waals surface area contributed by atoms with E-state index in [2.05, 4.69) is 18.4 Å². The lowest BCUT2D eigenvalue weighted by molar-refractivity contribution is -0.153. The molecule has 6 nitrogen and oxygen atoms in total. The molecule has 1 amide bonds. The van der Waals surface area contributed by atoms with Crippen LogP contribution in [0.25, 0.3) is 21.8 Å². The van der Waals surface area contributed by atoms with Gasteiger partial charge in [-0.25, -0.2) is 4.98 Å². The number of amides is 1. The fourth-order valence-electron chi connectivity index (χ4n) is 4.93. The van der Waals surface area contributed by atoms with Crippen molar-refractivity contribution < 1.29 is 14.3 Å². The molecule has 2 atom stereocenters. The molecule has 0 fully saturated rings. The number of benzene rings is 3. The summed E-state index contributed by atoms with van der Waals surface area (Å²) in [6.45, 7) is 6.73. The Hall–Kier alpha value is -3.67. The van der Waals surface area contributed by atoms with E-state index in [0.29, 0.717) is 18.4 Å². The number of imidazole rings is 1. The average Bonchev–Trinajstić information content (AvgIpc) is 3.21. The Morgan fingerprint density at radius 3 is 2.56 bits per heavy atom. The monoisotopic (exact) mass is 455 g/mol. The van der Waals surface area contributed by atoms with Gasteiger partial charge in [0.05, 0.1) is 23.7 Å². The van der Waals surface area contributed by atoms with Gasteiger partial charge in [-0.15, -0.1) is 0 Å². The van der Waals surface area contributed by atoms with Crippen molar-refractivity contribution in [2.24, 2.45) is 11.8 Å². The number of nitrogens with zero attached hydrogens (tertiary/aromatic N) is 3. The van der Waals surface area contributed by atoms with Crippen LogP contribution in [-0.4, -0.2) is 34.6 Å². The molecule has 0 N–H and O–H groups in total. The standard InChI is InChI=1S/C28H29N3O3/c1-4-34-27(33)24-25(21-13-9-11-19-10-5-6-12-20(19)21)31-23-15-8-7-14-22(23)29-28(31)30(26(24)32)17-16-18(2)3/h5-15,18,24-25H,4,16-17H2,1-3H3/t24-,25-/m1/s1. The molecule has 34 heavy (non-hydrogen) atoms. The van der Waals surface area contributed by atoms with Crippen molar-refractivity contribution in [2.45, 2.75) is 33.2 Å². The highest BCUT2D eigenvalue weighted by atomic mass is 16.5. The zero-order chi connectivity index (χ0) is 23.8. The van der Waals surface area contributed by atoms with Crippen molar-refractivity contribution in [3.05, 3.63) is 72.3 Å². The van der Waals surface area contributed by atoms with Gasteiger partial charge < -0.3 is 9.30 Å². The van der Waals surface area contributed by atoms with Gasteiger partial charge in [0.25, 0.3) is 0 Å². The summed E-state index contributed by atoms with van der Waals surface area (Å²) in [7, 11) is 0. The summed E-state index contributed by atoms with van der Waals surface area (Å²) in [5, 5.41) is 2.07. The first-order valence-electron chi connectivity index (χ1n) is 11.9. The van der Waals surface area contributed by atoms with Crippen LogP contribution in [0.1, 0.15) is 38.8 Å². The molecule has 1 aliphatic rings. The van der Waals surface area contributed by atoms with Crippen LogP contribution < -0.4 is 4.90 Å². The summed E-state index contributed by atoms with van der Waals surface area (Å²) in [6.07, 6.45) is 0.809. The lowest BCUT2D eigenvalue weighted by atomic mass is 9.86. The van der Waals surface area contributed by atoms with E-state index in [-0.39, 0.29) is 12.5 Å². The average molecular weight is 456 g/mol. The number of para-hydroxylation sites is 2. The molecule has 5 rings (SSSR count). The third-order valence-corrected chi connectivity index (χ3v) is 6.56. The number of carbonyl (C=O) groups is 2. The SMILES string of the molecule is CCOC(=O)[C@H]1C(=O)N(CCC(C)C)c2nc3ccccc3n2[C@@H]1c1cccc2ccccc12. The van der Waals surface area contributed by atoms with Crippen LogP contribution in [0.3, 0.4) is 0 Å². The number of carbonyl (C=O) groups excluding carboxylic acids is 2. The normalized spacial score (nSPS) is 18.0. The minimum atomic E-state index is -0.997. The van der Waals surface area contributed by atoms with E-state index in [0.717, 1.165) is 33.8 Å². The van der Waals surface area contributed by atoms with E-state index in [1.54, 1.807) is 11.8 Å². The van der Waals surface area contributed by atoms with Gasteiger partial charge in [-0.1, -0.05) is 68.4 Å². The van der Waals surface area contributed by atoms with Gasteiger partial charge in [-0.2, -0.15) is 0 Å². The molecule has 174 valence electrons. The van der Waals surface area contributed by atoms with Gasteiger partial charge in [0.15, 0.2) is 5.92 Å². The lowest BCUT2D eigenvalue weighted by Gasteiger charge is -2.38. The predicted molar refractivity (Wildman–Crippen MR) is 134 cm³/mol. The number of fused-ring (bicyclic) bond motifs is 4. The Labute approximate surface area is 199 Å². The summed E-state index contributed by atoms with van der Waals surface area (Å²) in [4.78, 5) is 33.9. The van der Waals surface area contributed by atoms with Gasteiger partial charge in [-0.05, 0) is 47.7 Å². The highest BCUT2D eigenvalue weighted by molar-refractivity contribution is 6.09. The summed E-state index contributed by atoms with van der Waals surface area (Å²) < 4.78 is 7.54. The van der Waals surface area contributed by atoms with Crippen molar-refractivity contribution in [1.82, 2.24) is 9.55 Å². The zero-order valence-corrected chi connectivity index (χ0v) is 19.8. The quantitative estimate of drug-likeness (QED) is 0.290. The molecule has 2 heterocycles. The van der Waals surface area contributed by atoms with Crippen LogP contribution in [0.4, 0.5) is 5.95 Å². The van der Waals surface area contributed by atoms with Crippen LogP contribution in [-0.2, 0) is 14.3 Å². The van der Waals surface area contributed by atoms with Crippen molar-refractivity contribution >= 4 is 39.6 Å². The highest BCUT2D eigenvalue weighted by Crippen LogP contribution is 2.43. The minimum Gasteiger partial charge on any atom is -0.465 e. The van der Waals surface area contributed by atoms with Gasteiger partial charge in [-0.3, -0.25) is 14.5 Å². The molecule has 0 saturated heterocycles. The van der Waals surface area contributed by atoms with E-state index in [1.807, 2.05) is 66.7 Å². The molecule has 1 aliphatic heterocycles. The Morgan fingerprint density at radius 2 is 1.76 bits per heavy atom. The molecule has 0 radical (unpaired) electrons. The fourth-order valence-corrected chi connectivity index (χ4v) is 4.93. The van der Waals surface area contributed by atoms with E-state index in [9.17, 15) is 9.59 Å². The molecule has 0 unspecified atom stereocenters. The fraction of sp³-hybridized carbons (Fsp3) is 0.321. The van der Waals surface area contributed by atoms with Gasteiger partial charge in [0.1, 0.15) is 0 Å². The Bertz CT molecular complexity index is 1370. The molecule has 6 heteroatoms. The maximum atomic E-state index is 14.0. The van der Waals surface area contributed by atoms with E-state index in [1.165, 1.54) is 0 Å². The molecule has 0 saturated carbocycles. The van der Waals surface area contributed by atoms with Crippen LogP contribution >= 0.6 is 0 Å². The van der Waals surface area contributed by atoms with Crippen molar-refractivity contribution in [2.75, 3.05) is 18.1 Å². The Balaban J connectivity index is 1.80. The molecule has 1 aromatic heterocycles. The van der Waals surface area contributed by atoms with Gasteiger partial charge >= 0.3 is 5.97 Å². The Kier molecular flexibility index (Phi) is 5.82.